The Hall–Kier alpha value is -4.78. The number of carbonyl (C=O) groups excluding carboxylic acids is 1. The average molecular weight is 526 g/mol. The third-order valence-electron chi connectivity index (χ3n) is 5.89. The number of hydrogen-bond donors (Lipinski definition) is 2. The molecule has 0 aliphatic rings. The summed E-state index contributed by atoms with van der Waals surface area (Å²) in [5.74, 6) is 1.85. The van der Waals surface area contributed by atoms with E-state index < -0.39 is 5.97 Å². The molecule has 0 spiro atoms. The van der Waals surface area contributed by atoms with Crippen LogP contribution in [0.5, 0.6) is 23.0 Å². The highest BCUT2D eigenvalue weighted by Crippen LogP contribution is 2.24. The Morgan fingerprint density at radius 2 is 1.26 bits per heavy atom. The summed E-state index contributed by atoms with van der Waals surface area (Å²) < 4.78 is 17.5. The largest absolute Gasteiger partial charge is 0.493 e. The molecule has 0 radical (unpaired) electrons. The highest BCUT2D eigenvalue weighted by Gasteiger charge is 2.10. The van der Waals surface area contributed by atoms with Gasteiger partial charge in [0.25, 0.3) is 5.91 Å². The molecular formula is C32H31NO6. The second kappa shape index (κ2) is 14.2. The first-order valence-corrected chi connectivity index (χ1v) is 12.8. The zero-order valence-electron chi connectivity index (χ0n) is 21.5. The summed E-state index contributed by atoms with van der Waals surface area (Å²) in [7, 11) is 0. The number of carboxylic acids is 1. The van der Waals surface area contributed by atoms with E-state index >= 15 is 0 Å². The fourth-order valence-electron chi connectivity index (χ4n) is 3.88. The van der Waals surface area contributed by atoms with Crippen LogP contribution in [0.15, 0.2) is 103 Å². The number of aliphatic carboxylic acids is 1. The van der Waals surface area contributed by atoms with E-state index in [-0.39, 0.29) is 18.9 Å². The van der Waals surface area contributed by atoms with Gasteiger partial charge in [0, 0.05) is 24.9 Å². The molecule has 0 saturated heterocycles. The molecule has 4 rings (SSSR count). The van der Waals surface area contributed by atoms with Crippen LogP contribution in [0.2, 0.25) is 0 Å². The van der Waals surface area contributed by atoms with Gasteiger partial charge in [-0.25, -0.2) is 0 Å². The number of nitrogens with one attached hydrogen (secondary N) is 1. The predicted octanol–water partition coefficient (Wildman–Crippen LogP) is 6.27. The first-order valence-electron chi connectivity index (χ1n) is 12.8. The lowest BCUT2D eigenvalue weighted by atomic mass is 10.0. The van der Waals surface area contributed by atoms with Crippen molar-refractivity contribution in [3.05, 3.63) is 120 Å². The minimum absolute atomic E-state index is 0.0105. The summed E-state index contributed by atoms with van der Waals surface area (Å²) in [6.45, 7) is 1.20. The Labute approximate surface area is 228 Å². The van der Waals surface area contributed by atoms with E-state index in [9.17, 15) is 9.59 Å². The summed E-state index contributed by atoms with van der Waals surface area (Å²) >= 11 is 0. The SMILES string of the molecule is O=C(O)CCc1ccc(OCCCOc2ccc(Oc3ccccc3)cc2)cc1CNC(=O)c1ccccc1. The Morgan fingerprint density at radius 3 is 1.95 bits per heavy atom. The number of benzene rings is 4. The molecule has 4 aromatic carbocycles. The van der Waals surface area contributed by atoms with Gasteiger partial charge in [-0.05, 0) is 78.2 Å². The number of para-hydroxylation sites is 1. The Balaban J connectivity index is 1.25. The van der Waals surface area contributed by atoms with Crippen LogP contribution in [0.4, 0.5) is 0 Å². The topological polar surface area (TPSA) is 94.1 Å². The zero-order valence-corrected chi connectivity index (χ0v) is 21.5. The summed E-state index contributed by atoms with van der Waals surface area (Å²) in [6, 6.07) is 31.5. The van der Waals surface area contributed by atoms with Gasteiger partial charge in [-0.2, -0.15) is 0 Å². The van der Waals surface area contributed by atoms with Crippen LogP contribution in [0.1, 0.15) is 34.3 Å². The smallest absolute Gasteiger partial charge is 0.303 e. The van der Waals surface area contributed by atoms with E-state index in [2.05, 4.69) is 5.32 Å². The summed E-state index contributed by atoms with van der Waals surface area (Å²) in [6.07, 6.45) is 1.05. The average Bonchev–Trinajstić information content (AvgIpc) is 2.97. The second-order valence-corrected chi connectivity index (χ2v) is 8.81. The molecule has 0 aliphatic carbocycles. The Morgan fingerprint density at radius 1 is 0.667 bits per heavy atom. The van der Waals surface area contributed by atoms with Crippen LogP contribution < -0.4 is 19.5 Å². The van der Waals surface area contributed by atoms with Gasteiger partial charge in [-0.3, -0.25) is 9.59 Å². The van der Waals surface area contributed by atoms with E-state index in [0.29, 0.717) is 37.4 Å². The molecule has 0 heterocycles. The van der Waals surface area contributed by atoms with Crippen molar-refractivity contribution < 1.29 is 28.9 Å². The lowest BCUT2D eigenvalue weighted by Crippen LogP contribution is -2.23. The van der Waals surface area contributed by atoms with Gasteiger partial charge >= 0.3 is 5.97 Å². The first-order chi connectivity index (χ1) is 19.1. The number of hydrogen-bond acceptors (Lipinski definition) is 5. The van der Waals surface area contributed by atoms with Crippen molar-refractivity contribution >= 4 is 11.9 Å². The monoisotopic (exact) mass is 525 g/mol. The van der Waals surface area contributed by atoms with Gasteiger partial charge in [0.1, 0.15) is 23.0 Å². The normalized spacial score (nSPS) is 10.5. The number of rotatable bonds is 14. The summed E-state index contributed by atoms with van der Waals surface area (Å²) in [5, 5.41) is 12.0. The van der Waals surface area contributed by atoms with E-state index in [0.717, 1.165) is 28.4 Å². The van der Waals surface area contributed by atoms with Crippen molar-refractivity contribution in [3.63, 3.8) is 0 Å². The molecule has 0 saturated carbocycles. The number of carboxylic acid groups (broad SMARTS) is 1. The quantitative estimate of drug-likeness (QED) is 0.188. The molecule has 7 heteroatoms. The third kappa shape index (κ3) is 8.93. The number of carbonyl (C=O) groups is 2. The molecule has 0 atom stereocenters. The second-order valence-electron chi connectivity index (χ2n) is 8.81. The summed E-state index contributed by atoms with van der Waals surface area (Å²) in [4.78, 5) is 23.6. The first kappa shape index (κ1) is 27.3. The van der Waals surface area contributed by atoms with E-state index in [4.69, 9.17) is 19.3 Å². The number of ether oxygens (including phenoxy) is 3. The van der Waals surface area contributed by atoms with Crippen molar-refractivity contribution in [2.24, 2.45) is 0 Å². The molecule has 0 bridgehead atoms. The number of aryl methyl sites for hydroxylation is 1. The maximum absolute atomic E-state index is 12.5. The molecule has 1 amide bonds. The van der Waals surface area contributed by atoms with Crippen LogP contribution in [0.3, 0.4) is 0 Å². The fourth-order valence-corrected chi connectivity index (χ4v) is 3.88. The van der Waals surface area contributed by atoms with Gasteiger partial charge in [0.2, 0.25) is 0 Å². The van der Waals surface area contributed by atoms with Crippen molar-refractivity contribution in [3.8, 4) is 23.0 Å². The molecular weight excluding hydrogens is 494 g/mol. The third-order valence-corrected chi connectivity index (χ3v) is 5.89. The lowest BCUT2D eigenvalue weighted by Gasteiger charge is -2.14. The molecule has 2 N–H and O–H groups in total. The molecule has 0 unspecified atom stereocenters. The van der Waals surface area contributed by atoms with E-state index in [1.54, 1.807) is 24.3 Å². The maximum Gasteiger partial charge on any atom is 0.303 e. The van der Waals surface area contributed by atoms with Crippen molar-refractivity contribution in [1.29, 1.82) is 0 Å². The standard InChI is InChI=1S/C32H31NO6/c34-31(35)19-13-24-12-14-30(22-26(24)23-33-32(36)25-8-3-1-4-9-25)38-21-7-20-37-27-15-17-29(18-16-27)39-28-10-5-2-6-11-28/h1-6,8-12,14-18,22H,7,13,19-21,23H2,(H,33,36)(H,34,35). The van der Waals surface area contributed by atoms with Crippen molar-refractivity contribution in [1.82, 2.24) is 5.32 Å². The van der Waals surface area contributed by atoms with Crippen LogP contribution >= 0.6 is 0 Å². The van der Waals surface area contributed by atoms with E-state index in [1.807, 2.05) is 78.9 Å². The minimum atomic E-state index is -0.868. The predicted molar refractivity (Wildman–Crippen MR) is 149 cm³/mol. The molecule has 200 valence electrons. The van der Waals surface area contributed by atoms with Gasteiger partial charge in [0.15, 0.2) is 0 Å². The molecule has 39 heavy (non-hydrogen) atoms. The maximum atomic E-state index is 12.5. The van der Waals surface area contributed by atoms with Crippen LogP contribution in [0, 0.1) is 0 Å². The highest BCUT2D eigenvalue weighted by molar-refractivity contribution is 5.94. The Kier molecular flexibility index (Phi) is 9.95. The number of amides is 1. The van der Waals surface area contributed by atoms with Gasteiger partial charge in [-0.1, -0.05) is 42.5 Å². The van der Waals surface area contributed by atoms with Gasteiger partial charge in [0.05, 0.1) is 13.2 Å². The molecule has 0 aliphatic heterocycles. The highest BCUT2D eigenvalue weighted by atomic mass is 16.5. The van der Waals surface area contributed by atoms with Crippen LogP contribution in [-0.2, 0) is 17.8 Å². The lowest BCUT2D eigenvalue weighted by molar-refractivity contribution is -0.136. The van der Waals surface area contributed by atoms with Crippen molar-refractivity contribution in [2.75, 3.05) is 13.2 Å². The molecule has 7 nitrogen and oxygen atoms in total. The Bertz CT molecular complexity index is 1340. The van der Waals surface area contributed by atoms with Crippen LogP contribution in [-0.4, -0.2) is 30.2 Å². The zero-order chi connectivity index (χ0) is 27.3. The fraction of sp³-hybridized carbons (Fsp3) is 0.188. The molecule has 0 aromatic heterocycles. The van der Waals surface area contributed by atoms with Gasteiger partial charge < -0.3 is 24.6 Å². The summed E-state index contributed by atoms with van der Waals surface area (Å²) in [5.41, 5.74) is 2.25. The van der Waals surface area contributed by atoms with Gasteiger partial charge in [-0.15, -0.1) is 0 Å². The molecule has 4 aromatic rings. The van der Waals surface area contributed by atoms with E-state index in [1.165, 1.54) is 0 Å². The minimum Gasteiger partial charge on any atom is -0.493 e. The van der Waals surface area contributed by atoms with Crippen molar-refractivity contribution in [2.45, 2.75) is 25.8 Å². The molecule has 0 fully saturated rings. The van der Waals surface area contributed by atoms with Crippen LogP contribution in [0.25, 0.3) is 0 Å².